The Hall–Kier alpha value is -1.89. The van der Waals surface area contributed by atoms with Gasteiger partial charge >= 0.3 is 19.4 Å². The lowest BCUT2D eigenvalue weighted by Crippen LogP contribution is -2.40. The molecule has 5 atom stereocenters. The van der Waals surface area contributed by atoms with E-state index in [0.29, 0.717) is 0 Å². The molecule has 0 bridgehead atoms. The van der Waals surface area contributed by atoms with Crippen molar-refractivity contribution in [2.24, 2.45) is 0 Å². The molecule has 0 aliphatic carbocycles. The predicted molar refractivity (Wildman–Crippen MR) is 102 cm³/mol. The number of aliphatic hydroxyl groups is 1. The summed E-state index contributed by atoms with van der Waals surface area (Å²) < 4.78 is 41.2. The fourth-order valence-electron chi connectivity index (χ4n) is 2.22. The van der Waals surface area contributed by atoms with E-state index in [0.717, 1.165) is 16.8 Å². The molecule has 1 unspecified atom stereocenters. The van der Waals surface area contributed by atoms with Gasteiger partial charge in [0, 0.05) is 12.3 Å². The van der Waals surface area contributed by atoms with Crippen LogP contribution in [0.4, 0.5) is 4.39 Å². The summed E-state index contributed by atoms with van der Waals surface area (Å²) in [6, 6.07) is -0.130. The largest absolute Gasteiger partial charge is 0.462 e. The number of esters is 1. The lowest BCUT2D eigenvalue weighted by molar-refractivity contribution is -0.149. The fourth-order valence-corrected chi connectivity index (χ4v) is 3.23. The monoisotopic (exact) mass is 455 g/mol. The van der Waals surface area contributed by atoms with Crippen molar-refractivity contribution >= 4 is 13.7 Å². The average Bonchev–Trinajstić information content (AvgIpc) is 2.63. The minimum Gasteiger partial charge on any atom is -0.462 e. The van der Waals surface area contributed by atoms with Crippen molar-refractivity contribution in [2.45, 2.75) is 58.3 Å². The van der Waals surface area contributed by atoms with Crippen LogP contribution in [-0.4, -0.2) is 63.2 Å². The Balaban J connectivity index is 2.80. The zero-order valence-corrected chi connectivity index (χ0v) is 17.9. The lowest BCUT2D eigenvalue weighted by Gasteiger charge is -2.27. The van der Waals surface area contributed by atoms with Crippen LogP contribution >= 0.6 is 7.75 Å². The van der Waals surface area contributed by atoms with E-state index >= 15 is 0 Å². The molecule has 0 spiro atoms. The molecule has 1 heterocycles. The number of aromatic nitrogens is 2. The molecule has 0 radical (unpaired) electrons. The van der Waals surface area contributed by atoms with Gasteiger partial charge in [-0.25, -0.2) is 18.8 Å². The van der Waals surface area contributed by atoms with E-state index in [1.807, 2.05) is 4.98 Å². The molecule has 0 aromatic carbocycles. The molecule has 0 amide bonds. The summed E-state index contributed by atoms with van der Waals surface area (Å²) in [6.45, 7) is 3.86. The highest BCUT2D eigenvalue weighted by Crippen LogP contribution is 2.38. The van der Waals surface area contributed by atoms with Gasteiger partial charge in [0.2, 0.25) is 0 Å². The van der Waals surface area contributed by atoms with Gasteiger partial charge in [-0.15, -0.1) is 0 Å². The van der Waals surface area contributed by atoms with Crippen LogP contribution < -0.4 is 16.3 Å². The second kappa shape index (κ2) is 11.5. The SMILES string of the molecule is CC(C)OC(=O)[C@H](C)NP(=O)(O)OC[C@@H](O[C@H](C)n1ccc(=O)[nH]c1=O)[C@@H](O)CF. The Morgan fingerprint density at radius 1 is 1.33 bits per heavy atom. The number of H-pyrrole nitrogens is 1. The van der Waals surface area contributed by atoms with E-state index in [9.17, 15) is 33.3 Å². The van der Waals surface area contributed by atoms with Crippen LogP contribution in [0.3, 0.4) is 0 Å². The summed E-state index contributed by atoms with van der Waals surface area (Å²) in [5.41, 5.74) is -1.44. The molecular formula is C16H27FN3O9P. The second-order valence-corrected chi connectivity index (χ2v) is 8.22. The summed E-state index contributed by atoms with van der Waals surface area (Å²) in [4.78, 5) is 46.6. The minimum atomic E-state index is -4.56. The van der Waals surface area contributed by atoms with Gasteiger partial charge in [-0.05, 0) is 27.7 Å². The molecule has 12 nitrogen and oxygen atoms in total. The highest BCUT2D eigenvalue weighted by atomic mass is 31.2. The molecule has 0 aliphatic rings. The third-order valence-corrected chi connectivity index (χ3v) is 4.89. The molecule has 0 saturated carbocycles. The van der Waals surface area contributed by atoms with Crippen molar-refractivity contribution in [2.75, 3.05) is 13.3 Å². The van der Waals surface area contributed by atoms with Crippen molar-refractivity contribution in [1.82, 2.24) is 14.6 Å². The number of ether oxygens (including phenoxy) is 2. The second-order valence-electron chi connectivity index (χ2n) is 6.67. The average molecular weight is 455 g/mol. The van der Waals surface area contributed by atoms with Crippen LogP contribution in [0.5, 0.6) is 0 Å². The number of carbonyl (C=O) groups excluding carboxylic acids is 1. The van der Waals surface area contributed by atoms with E-state index in [1.54, 1.807) is 13.8 Å². The van der Waals surface area contributed by atoms with Crippen LogP contribution in [0.1, 0.15) is 33.9 Å². The zero-order chi connectivity index (χ0) is 23.1. The van der Waals surface area contributed by atoms with E-state index in [1.165, 1.54) is 13.8 Å². The van der Waals surface area contributed by atoms with E-state index in [4.69, 9.17) is 14.0 Å². The molecule has 1 aromatic rings. The number of rotatable bonds is 12. The van der Waals surface area contributed by atoms with Gasteiger partial charge in [0.05, 0.1) is 12.7 Å². The van der Waals surface area contributed by atoms with Crippen LogP contribution in [0.15, 0.2) is 21.9 Å². The van der Waals surface area contributed by atoms with Crippen LogP contribution in [0.25, 0.3) is 0 Å². The van der Waals surface area contributed by atoms with E-state index < -0.39 is 68.8 Å². The number of aromatic amines is 1. The topological polar surface area (TPSA) is 169 Å². The van der Waals surface area contributed by atoms with Gasteiger partial charge in [0.1, 0.15) is 31.2 Å². The third kappa shape index (κ3) is 8.46. The van der Waals surface area contributed by atoms with Crippen LogP contribution in [-0.2, 0) is 23.4 Å². The first-order valence-corrected chi connectivity index (χ1v) is 10.6. The smallest absolute Gasteiger partial charge is 0.403 e. The maximum absolute atomic E-state index is 13.0. The molecule has 14 heteroatoms. The Morgan fingerprint density at radius 3 is 2.50 bits per heavy atom. The number of hydrogen-bond donors (Lipinski definition) is 4. The Morgan fingerprint density at radius 2 is 1.97 bits per heavy atom. The maximum Gasteiger partial charge on any atom is 0.403 e. The number of alkyl halides is 1. The van der Waals surface area contributed by atoms with E-state index in [2.05, 4.69) is 5.09 Å². The molecule has 30 heavy (non-hydrogen) atoms. The van der Waals surface area contributed by atoms with Gasteiger partial charge in [-0.3, -0.25) is 23.7 Å². The summed E-state index contributed by atoms with van der Waals surface area (Å²) in [7, 11) is -4.56. The molecule has 1 rings (SSSR count). The van der Waals surface area contributed by atoms with Crippen molar-refractivity contribution in [3.8, 4) is 0 Å². The van der Waals surface area contributed by atoms with Gasteiger partial charge in [-0.1, -0.05) is 0 Å². The molecule has 0 saturated heterocycles. The zero-order valence-electron chi connectivity index (χ0n) is 17.0. The molecule has 0 fully saturated rings. The minimum absolute atomic E-state index is 0.434. The summed E-state index contributed by atoms with van der Waals surface area (Å²) in [5.74, 6) is -0.787. The lowest BCUT2D eigenvalue weighted by atomic mass is 10.2. The maximum atomic E-state index is 13.0. The fraction of sp³-hybridized carbons (Fsp3) is 0.688. The third-order valence-electron chi connectivity index (χ3n) is 3.68. The molecule has 172 valence electrons. The van der Waals surface area contributed by atoms with Gasteiger partial charge in [0.15, 0.2) is 0 Å². The number of aliphatic hydroxyl groups excluding tert-OH is 1. The molecule has 0 aliphatic heterocycles. The first-order chi connectivity index (χ1) is 13.9. The molecule has 1 aromatic heterocycles. The van der Waals surface area contributed by atoms with Crippen LogP contribution in [0.2, 0.25) is 0 Å². The van der Waals surface area contributed by atoms with Crippen molar-refractivity contribution in [3.05, 3.63) is 33.1 Å². The Labute approximate surface area is 171 Å². The van der Waals surface area contributed by atoms with E-state index in [-0.39, 0.29) is 0 Å². The summed E-state index contributed by atoms with van der Waals surface area (Å²) in [6.07, 6.45) is -3.59. The highest BCUT2D eigenvalue weighted by molar-refractivity contribution is 7.50. The predicted octanol–water partition coefficient (Wildman–Crippen LogP) is -0.183. The summed E-state index contributed by atoms with van der Waals surface area (Å²) in [5, 5.41) is 11.9. The van der Waals surface area contributed by atoms with Crippen molar-refractivity contribution < 1.29 is 37.7 Å². The van der Waals surface area contributed by atoms with Gasteiger partial charge in [-0.2, -0.15) is 0 Å². The van der Waals surface area contributed by atoms with Crippen molar-refractivity contribution in [1.29, 1.82) is 0 Å². The molecular weight excluding hydrogens is 428 g/mol. The quantitative estimate of drug-likeness (QED) is 0.245. The number of hydrogen-bond acceptors (Lipinski definition) is 8. The number of halogens is 1. The molecule has 4 N–H and O–H groups in total. The first-order valence-electron chi connectivity index (χ1n) is 9.03. The number of nitrogens with one attached hydrogen (secondary N) is 2. The Kier molecular flexibility index (Phi) is 10.0. The van der Waals surface area contributed by atoms with Crippen molar-refractivity contribution in [3.63, 3.8) is 0 Å². The summed E-state index contributed by atoms with van der Waals surface area (Å²) >= 11 is 0. The highest BCUT2D eigenvalue weighted by Gasteiger charge is 2.31. The standard InChI is InChI=1S/C16H27FN3O9P/c1-9(2)28-15(23)10(3)19-30(25,26)27-8-13(12(21)7-17)29-11(4)20-6-5-14(22)18-16(20)24/h5-6,9-13,21H,7-8H2,1-4H3,(H,18,22,24)(H2,19,25,26)/t10-,11+,12-,13+/m0/s1. The van der Waals surface area contributed by atoms with Crippen LogP contribution in [0, 0.1) is 0 Å². The number of nitrogens with zero attached hydrogens (tertiary/aromatic N) is 1. The Bertz CT molecular complexity index is 859. The normalized spacial score (nSPS) is 17.7. The van der Waals surface area contributed by atoms with Gasteiger partial charge < -0.3 is 19.5 Å². The number of carbonyl (C=O) groups is 1. The first kappa shape index (κ1) is 26.1. The van der Waals surface area contributed by atoms with Gasteiger partial charge in [0.25, 0.3) is 5.56 Å².